The summed E-state index contributed by atoms with van der Waals surface area (Å²) in [6.45, 7) is 4.25. The highest BCUT2D eigenvalue weighted by molar-refractivity contribution is 6.02. The molecule has 0 nitrogen and oxygen atoms in total. The summed E-state index contributed by atoms with van der Waals surface area (Å²) in [5.41, 5.74) is 2.91. The minimum atomic E-state index is 1.17. The van der Waals surface area contributed by atoms with E-state index in [2.05, 4.69) is 74.5 Å². The van der Waals surface area contributed by atoms with Crippen molar-refractivity contribution in [3.8, 4) is 0 Å². The minimum absolute atomic E-state index is 1.17. The third kappa shape index (κ3) is 2.71. The van der Waals surface area contributed by atoms with Gasteiger partial charge in [0.15, 0.2) is 0 Å². The van der Waals surface area contributed by atoms with Crippen molar-refractivity contribution < 1.29 is 0 Å². The Balaban J connectivity index is 0.000000409. The quantitative estimate of drug-likeness (QED) is 0.418. The molecule has 0 radical (unpaired) electrons. The van der Waals surface area contributed by atoms with Crippen molar-refractivity contribution in [2.45, 2.75) is 33.1 Å². The van der Waals surface area contributed by atoms with Gasteiger partial charge in [-0.05, 0) is 57.6 Å². The predicted octanol–water partition coefficient (Wildman–Crippen LogP) is 6.37. The molecule has 0 atom stereocenters. The van der Waals surface area contributed by atoms with Crippen LogP contribution in [0.2, 0.25) is 0 Å². The fourth-order valence-electron chi connectivity index (χ4n) is 2.94. The van der Waals surface area contributed by atoms with Crippen LogP contribution in [0.4, 0.5) is 0 Å². The molecule has 0 unspecified atom stereocenters. The largest absolute Gasteiger partial charge is 0.0836 e. The number of benzene rings is 3. The molecule has 0 N–H and O–H groups in total. The third-order valence-corrected chi connectivity index (χ3v) is 3.88. The summed E-state index contributed by atoms with van der Waals surface area (Å²) in [6, 6.07) is 17.8. The maximum absolute atomic E-state index is 2.33. The van der Waals surface area contributed by atoms with E-state index in [-0.39, 0.29) is 0 Å². The normalized spacial score (nSPS) is 12.9. The van der Waals surface area contributed by atoms with Gasteiger partial charge in [0, 0.05) is 0 Å². The first-order chi connectivity index (χ1) is 10.3. The highest BCUT2D eigenvalue weighted by atomic mass is 14.1. The van der Waals surface area contributed by atoms with Crippen LogP contribution in [-0.2, 0) is 6.42 Å². The van der Waals surface area contributed by atoms with Gasteiger partial charge in [-0.15, -0.1) is 0 Å². The maximum Gasteiger partial charge on any atom is -0.0102 e. The van der Waals surface area contributed by atoms with E-state index in [1.54, 1.807) is 0 Å². The van der Waals surface area contributed by atoms with Crippen LogP contribution in [0.25, 0.3) is 27.6 Å². The molecule has 0 saturated carbocycles. The van der Waals surface area contributed by atoms with Crippen LogP contribution >= 0.6 is 0 Å². The van der Waals surface area contributed by atoms with E-state index >= 15 is 0 Å². The Kier molecular flexibility index (Phi) is 4.06. The van der Waals surface area contributed by atoms with Gasteiger partial charge in [0.1, 0.15) is 0 Å². The summed E-state index contributed by atoms with van der Waals surface area (Å²) in [5, 5.41) is 5.39. The van der Waals surface area contributed by atoms with Gasteiger partial charge in [-0.3, -0.25) is 0 Å². The molecule has 0 heterocycles. The minimum Gasteiger partial charge on any atom is -0.0836 e. The van der Waals surface area contributed by atoms with Crippen LogP contribution in [-0.4, -0.2) is 0 Å². The summed E-state index contributed by atoms with van der Waals surface area (Å²) >= 11 is 0. The standard InChI is InChI=1S/C18H14.C3H8/c1-2-7-15-12-18-16(11-14(15)6-1)10-9-13-5-3-4-8-17(13)18;1-3-2/h1-2,4,6-12H,3,5H2;3H2,1-2H3. The molecule has 3 aromatic carbocycles. The Morgan fingerprint density at radius 2 is 1.57 bits per heavy atom. The average molecular weight is 274 g/mol. The lowest BCUT2D eigenvalue weighted by Gasteiger charge is -2.14. The molecule has 1 aliphatic rings. The van der Waals surface area contributed by atoms with Crippen LogP contribution in [0.5, 0.6) is 0 Å². The molecule has 106 valence electrons. The molecule has 0 aliphatic heterocycles. The van der Waals surface area contributed by atoms with Crippen molar-refractivity contribution in [2.24, 2.45) is 0 Å². The zero-order chi connectivity index (χ0) is 14.7. The molecule has 0 spiro atoms. The molecule has 1 aliphatic carbocycles. The number of fused-ring (bicyclic) bond motifs is 4. The van der Waals surface area contributed by atoms with Crippen LogP contribution in [0.3, 0.4) is 0 Å². The van der Waals surface area contributed by atoms with Crippen molar-refractivity contribution >= 4 is 27.6 Å². The fraction of sp³-hybridized carbons (Fsp3) is 0.238. The van der Waals surface area contributed by atoms with Crippen molar-refractivity contribution in [2.75, 3.05) is 0 Å². The number of allylic oxidation sites excluding steroid dienone is 1. The molecule has 0 aromatic heterocycles. The monoisotopic (exact) mass is 274 g/mol. The van der Waals surface area contributed by atoms with Gasteiger partial charge < -0.3 is 0 Å². The van der Waals surface area contributed by atoms with Gasteiger partial charge in [-0.25, -0.2) is 0 Å². The lowest BCUT2D eigenvalue weighted by molar-refractivity contribution is 0.990. The van der Waals surface area contributed by atoms with Gasteiger partial charge in [0.05, 0.1) is 0 Å². The van der Waals surface area contributed by atoms with Crippen molar-refractivity contribution in [3.63, 3.8) is 0 Å². The van der Waals surface area contributed by atoms with Gasteiger partial charge >= 0.3 is 0 Å². The highest BCUT2D eigenvalue weighted by Crippen LogP contribution is 2.31. The second-order valence-electron chi connectivity index (χ2n) is 5.71. The molecular formula is C21H22. The van der Waals surface area contributed by atoms with E-state index in [0.29, 0.717) is 0 Å². The first kappa shape index (κ1) is 13.9. The molecule has 21 heavy (non-hydrogen) atoms. The van der Waals surface area contributed by atoms with E-state index in [9.17, 15) is 0 Å². The van der Waals surface area contributed by atoms with Crippen LogP contribution < -0.4 is 0 Å². The van der Waals surface area contributed by atoms with E-state index < -0.39 is 0 Å². The number of hydrogen-bond acceptors (Lipinski definition) is 0. The van der Waals surface area contributed by atoms with E-state index in [1.807, 2.05) is 0 Å². The van der Waals surface area contributed by atoms with E-state index in [0.717, 1.165) is 0 Å². The lowest BCUT2D eigenvalue weighted by Crippen LogP contribution is -1.94. The Hall–Kier alpha value is -2.08. The summed E-state index contributed by atoms with van der Waals surface area (Å²) in [5.74, 6) is 0. The summed E-state index contributed by atoms with van der Waals surface area (Å²) in [4.78, 5) is 0. The van der Waals surface area contributed by atoms with Gasteiger partial charge in [-0.1, -0.05) is 68.8 Å². The molecular weight excluding hydrogens is 252 g/mol. The van der Waals surface area contributed by atoms with Crippen molar-refractivity contribution in [3.05, 3.63) is 65.7 Å². The smallest absolute Gasteiger partial charge is 0.0102 e. The number of aryl methyl sites for hydroxylation is 1. The molecule has 3 aromatic rings. The van der Waals surface area contributed by atoms with Gasteiger partial charge in [-0.2, -0.15) is 0 Å². The van der Waals surface area contributed by atoms with Gasteiger partial charge in [0.2, 0.25) is 0 Å². The molecule has 4 rings (SSSR count). The Morgan fingerprint density at radius 3 is 2.33 bits per heavy atom. The number of rotatable bonds is 0. The average Bonchev–Trinajstić information content (AvgIpc) is 2.54. The van der Waals surface area contributed by atoms with Crippen LogP contribution in [0.1, 0.15) is 37.8 Å². The number of hydrogen-bond donors (Lipinski definition) is 0. The van der Waals surface area contributed by atoms with Gasteiger partial charge in [0.25, 0.3) is 0 Å². The molecule has 0 amide bonds. The van der Waals surface area contributed by atoms with Crippen LogP contribution in [0, 0.1) is 0 Å². The molecule has 0 fully saturated rings. The first-order valence-electron chi connectivity index (χ1n) is 7.94. The third-order valence-electron chi connectivity index (χ3n) is 3.88. The van der Waals surface area contributed by atoms with E-state index in [1.165, 1.54) is 51.9 Å². The Labute approximate surface area is 127 Å². The second kappa shape index (κ2) is 6.13. The zero-order valence-corrected chi connectivity index (χ0v) is 12.9. The summed E-state index contributed by atoms with van der Waals surface area (Å²) in [7, 11) is 0. The van der Waals surface area contributed by atoms with Crippen molar-refractivity contribution in [1.82, 2.24) is 0 Å². The summed E-state index contributed by atoms with van der Waals surface area (Å²) in [6.07, 6.45) is 8.17. The maximum atomic E-state index is 2.33. The lowest BCUT2D eigenvalue weighted by atomic mass is 9.91. The first-order valence-corrected chi connectivity index (χ1v) is 7.94. The fourth-order valence-corrected chi connectivity index (χ4v) is 2.94. The second-order valence-corrected chi connectivity index (χ2v) is 5.71. The Bertz CT molecular complexity index is 794. The highest BCUT2D eigenvalue weighted by Gasteiger charge is 2.08. The van der Waals surface area contributed by atoms with E-state index in [4.69, 9.17) is 0 Å². The van der Waals surface area contributed by atoms with Crippen LogP contribution in [0.15, 0.2) is 54.6 Å². The SMILES string of the molecule is C1=Cc2c(ccc3cc4ccccc4cc23)CC1.CCC. The predicted molar refractivity (Wildman–Crippen MR) is 94.8 cm³/mol. The molecule has 0 heteroatoms. The molecule has 0 saturated heterocycles. The van der Waals surface area contributed by atoms with Crippen molar-refractivity contribution in [1.29, 1.82) is 0 Å². The molecule has 0 bridgehead atoms. The zero-order valence-electron chi connectivity index (χ0n) is 12.9. The Morgan fingerprint density at radius 1 is 0.857 bits per heavy atom. The topological polar surface area (TPSA) is 0 Å². The summed E-state index contributed by atoms with van der Waals surface area (Å²) < 4.78 is 0.